The van der Waals surface area contributed by atoms with E-state index in [1.165, 1.54) is 5.01 Å². The number of nitrogens with one attached hydrogen (secondary N) is 1. The molecule has 37 heavy (non-hydrogen) atoms. The molecule has 0 saturated carbocycles. The van der Waals surface area contributed by atoms with Gasteiger partial charge in [-0.3, -0.25) is 9.69 Å². The summed E-state index contributed by atoms with van der Waals surface area (Å²) in [6.07, 6.45) is 0.519. The average Bonchev–Trinajstić information content (AvgIpc) is 3.32. The summed E-state index contributed by atoms with van der Waals surface area (Å²) in [4.78, 5) is 15.8. The molecule has 1 atom stereocenters. The van der Waals surface area contributed by atoms with Crippen LogP contribution in [0.3, 0.4) is 0 Å². The summed E-state index contributed by atoms with van der Waals surface area (Å²) in [7, 11) is 0. The van der Waals surface area contributed by atoms with Crippen molar-refractivity contribution in [2.45, 2.75) is 25.3 Å². The highest BCUT2D eigenvalue weighted by Crippen LogP contribution is 2.39. The SMILES string of the molecule is CC1(C#N)Cc2cc3c(cc2C(c2ccc(N)cc2)=NN1C(=O)CCNCCN1CCOCC1)OCO3. The maximum atomic E-state index is 13.5. The van der Waals surface area contributed by atoms with E-state index in [4.69, 9.17) is 25.0 Å². The van der Waals surface area contributed by atoms with E-state index < -0.39 is 5.54 Å². The number of carbonyl (C=O) groups is 1. The molecule has 10 heteroatoms. The number of nitrogens with two attached hydrogens (primary N) is 1. The monoisotopic (exact) mass is 504 g/mol. The third-order valence-corrected chi connectivity index (χ3v) is 6.94. The lowest BCUT2D eigenvalue weighted by Gasteiger charge is -2.31. The van der Waals surface area contributed by atoms with Gasteiger partial charge in [0.05, 0.1) is 25.0 Å². The van der Waals surface area contributed by atoms with Crippen molar-refractivity contribution in [2.24, 2.45) is 5.10 Å². The van der Waals surface area contributed by atoms with Gasteiger partial charge in [-0.05, 0) is 36.8 Å². The first-order chi connectivity index (χ1) is 18.0. The van der Waals surface area contributed by atoms with Crippen LogP contribution in [0.25, 0.3) is 0 Å². The normalized spacial score (nSPS) is 21.1. The highest BCUT2D eigenvalue weighted by atomic mass is 16.7. The smallest absolute Gasteiger partial charge is 0.245 e. The van der Waals surface area contributed by atoms with E-state index in [2.05, 4.69) is 16.3 Å². The van der Waals surface area contributed by atoms with Crippen LogP contribution in [0.5, 0.6) is 11.5 Å². The molecule has 3 aliphatic rings. The number of benzene rings is 2. The number of fused-ring (bicyclic) bond motifs is 2. The third-order valence-electron chi connectivity index (χ3n) is 6.94. The van der Waals surface area contributed by atoms with E-state index in [1.807, 2.05) is 24.3 Å². The predicted molar refractivity (Wildman–Crippen MR) is 138 cm³/mol. The summed E-state index contributed by atoms with van der Waals surface area (Å²) in [6.45, 7) is 7.45. The van der Waals surface area contributed by atoms with Gasteiger partial charge in [-0.15, -0.1) is 0 Å². The Bertz CT molecular complexity index is 1220. The van der Waals surface area contributed by atoms with Gasteiger partial charge < -0.3 is 25.3 Å². The second-order valence-corrected chi connectivity index (χ2v) is 9.66. The Morgan fingerprint density at radius 2 is 1.89 bits per heavy atom. The molecule has 5 rings (SSSR count). The van der Waals surface area contributed by atoms with E-state index in [0.717, 1.165) is 56.1 Å². The number of hydrogen-bond acceptors (Lipinski definition) is 9. The van der Waals surface area contributed by atoms with Crippen LogP contribution < -0.4 is 20.5 Å². The molecule has 1 amide bonds. The number of ether oxygens (including phenoxy) is 3. The zero-order valence-electron chi connectivity index (χ0n) is 21.0. The lowest BCUT2D eigenvalue weighted by Crippen LogP contribution is -2.47. The van der Waals surface area contributed by atoms with Gasteiger partial charge in [0.2, 0.25) is 12.7 Å². The highest BCUT2D eigenvalue weighted by molar-refractivity contribution is 6.14. The van der Waals surface area contributed by atoms with Crippen molar-refractivity contribution in [1.82, 2.24) is 15.2 Å². The Hall–Kier alpha value is -3.65. The van der Waals surface area contributed by atoms with Crippen molar-refractivity contribution >= 4 is 17.3 Å². The van der Waals surface area contributed by atoms with Gasteiger partial charge >= 0.3 is 0 Å². The average molecular weight is 505 g/mol. The number of hydrogen-bond donors (Lipinski definition) is 2. The fourth-order valence-electron chi connectivity index (χ4n) is 4.82. The minimum atomic E-state index is -1.18. The Balaban J connectivity index is 1.39. The number of rotatable bonds is 7. The van der Waals surface area contributed by atoms with Gasteiger partial charge in [-0.1, -0.05) is 12.1 Å². The molecule has 0 aliphatic carbocycles. The maximum Gasteiger partial charge on any atom is 0.245 e. The second kappa shape index (κ2) is 10.8. The quantitative estimate of drug-likeness (QED) is 0.431. The van der Waals surface area contributed by atoms with Gasteiger partial charge in [-0.25, -0.2) is 5.01 Å². The molecule has 0 spiro atoms. The van der Waals surface area contributed by atoms with Gasteiger partial charge in [0.1, 0.15) is 0 Å². The lowest BCUT2D eigenvalue weighted by atomic mass is 9.88. The minimum absolute atomic E-state index is 0.144. The van der Waals surface area contributed by atoms with E-state index >= 15 is 0 Å². The van der Waals surface area contributed by atoms with Crippen LogP contribution in [0.15, 0.2) is 41.5 Å². The van der Waals surface area contributed by atoms with Crippen LogP contribution in [0.2, 0.25) is 0 Å². The number of nitriles is 1. The van der Waals surface area contributed by atoms with E-state index in [9.17, 15) is 10.1 Å². The third kappa shape index (κ3) is 5.39. The molecule has 2 aromatic rings. The summed E-state index contributed by atoms with van der Waals surface area (Å²) in [5, 5.41) is 19.8. The number of hydrazone groups is 1. The molecular formula is C27H32N6O4. The van der Waals surface area contributed by atoms with Crippen molar-refractivity contribution in [2.75, 3.05) is 58.5 Å². The van der Waals surface area contributed by atoms with Crippen molar-refractivity contribution in [3.63, 3.8) is 0 Å². The molecular weight excluding hydrogens is 472 g/mol. The predicted octanol–water partition coefficient (Wildman–Crippen LogP) is 1.73. The Kier molecular flexibility index (Phi) is 7.28. The summed E-state index contributed by atoms with van der Waals surface area (Å²) < 4.78 is 16.6. The molecule has 1 saturated heterocycles. The Morgan fingerprint density at radius 3 is 2.62 bits per heavy atom. The van der Waals surface area contributed by atoms with Crippen LogP contribution in [0.4, 0.5) is 5.69 Å². The molecule has 3 heterocycles. The number of nitrogen functional groups attached to an aromatic ring is 1. The first kappa shape index (κ1) is 25.0. The van der Waals surface area contributed by atoms with Crippen LogP contribution in [-0.4, -0.2) is 79.8 Å². The number of amides is 1. The number of anilines is 1. The second-order valence-electron chi connectivity index (χ2n) is 9.66. The molecule has 3 aliphatic heterocycles. The molecule has 3 N–H and O–H groups in total. The Labute approximate surface area is 216 Å². The number of nitrogens with zero attached hydrogens (tertiary/aromatic N) is 4. The highest BCUT2D eigenvalue weighted by Gasteiger charge is 2.40. The first-order valence-corrected chi connectivity index (χ1v) is 12.6. The topological polar surface area (TPSA) is 125 Å². The van der Waals surface area contributed by atoms with Gasteiger partial charge in [0, 0.05) is 62.4 Å². The minimum Gasteiger partial charge on any atom is -0.454 e. The van der Waals surface area contributed by atoms with Crippen molar-refractivity contribution in [1.29, 1.82) is 5.26 Å². The summed E-state index contributed by atoms with van der Waals surface area (Å²) >= 11 is 0. The molecule has 1 fully saturated rings. The zero-order chi connectivity index (χ0) is 25.8. The summed E-state index contributed by atoms with van der Waals surface area (Å²) in [5.41, 5.74) is 8.41. The fraction of sp³-hybridized carbons (Fsp3) is 0.444. The largest absolute Gasteiger partial charge is 0.454 e. The standard InChI is InChI=1S/C27H32N6O4/c1-27(17-28)16-20-14-23-24(37-18-36-23)15-22(20)26(19-2-4-21(29)5-3-19)31-33(27)25(34)6-7-30-8-9-32-10-12-35-13-11-32/h2-5,14-15,30H,6-13,16,18,29H2,1H3. The van der Waals surface area contributed by atoms with E-state index in [0.29, 0.717) is 35.9 Å². The summed E-state index contributed by atoms with van der Waals surface area (Å²) in [6, 6.07) is 13.5. The molecule has 194 valence electrons. The van der Waals surface area contributed by atoms with Gasteiger partial charge in [0.15, 0.2) is 17.0 Å². The molecule has 0 radical (unpaired) electrons. The van der Waals surface area contributed by atoms with E-state index in [-0.39, 0.29) is 19.1 Å². The van der Waals surface area contributed by atoms with Crippen molar-refractivity contribution in [3.05, 3.63) is 53.1 Å². The molecule has 2 aromatic carbocycles. The molecule has 10 nitrogen and oxygen atoms in total. The first-order valence-electron chi connectivity index (χ1n) is 12.6. The molecule has 0 bridgehead atoms. The van der Waals surface area contributed by atoms with Crippen molar-refractivity contribution < 1.29 is 19.0 Å². The van der Waals surface area contributed by atoms with Crippen molar-refractivity contribution in [3.8, 4) is 17.6 Å². The van der Waals surface area contributed by atoms with E-state index in [1.54, 1.807) is 19.1 Å². The number of morpholine rings is 1. The van der Waals surface area contributed by atoms with Crippen LogP contribution >= 0.6 is 0 Å². The van der Waals surface area contributed by atoms with Gasteiger partial charge in [-0.2, -0.15) is 10.4 Å². The number of carbonyl (C=O) groups excluding carboxylic acids is 1. The molecule has 1 unspecified atom stereocenters. The fourth-order valence-corrected chi connectivity index (χ4v) is 4.82. The molecule has 0 aromatic heterocycles. The lowest BCUT2D eigenvalue weighted by molar-refractivity contribution is -0.135. The van der Waals surface area contributed by atoms with Gasteiger partial charge in [0.25, 0.3) is 0 Å². The van der Waals surface area contributed by atoms with Crippen LogP contribution in [0, 0.1) is 11.3 Å². The Morgan fingerprint density at radius 1 is 1.16 bits per heavy atom. The summed E-state index contributed by atoms with van der Waals surface area (Å²) in [5.74, 6) is 1.02. The zero-order valence-corrected chi connectivity index (χ0v) is 21.0. The van der Waals surface area contributed by atoms with Crippen LogP contribution in [0.1, 0.15) is 30.0 Å². The van der Waals surface area contributed by atoms with Crippen LogP contribution in [-0.2, 0) is 16.0 Å². The maximum absolute atomic E-state index is 13.5.